The molecule has 0 bridgehead atoms. The van der Waals surface area contributed by atoms with Crippen molar-refractivity contribution in [3.8, 4) is 12.3 Å². The molecule has 0 aliphatic rings. The molecule has 0 spiro atoms. The Morgan fingerprint density at radius 1 is 1.22 bits per heavy atom. The number of halogens is 1. The molecule has 2 rings (SSSR count). The van der Waals surface area contributed by atoms with E-state index in [9.17, 15) is 0 Å². The first kappa shape index (κ1) is 13.1. The molecule has 0 aliphatic heterocycles. The van der Waals surface area contributed by atoms with Gasteiger partial charge in [0.25, 0.3) is 0 Å². The molecule has 2 aromatic carbocycles. The smallest absolute Gasteiger partial charge is 0.0430 e. The summed E-state index contributed by atoms with van der Waals surface area (Å²) in [6, 6.07) is 13.1. The van der Waals surface area contributed by atoms with Crippen molar-refractivity contribution in [3.63, 3.8) is 0 Å². The Balaban J connectivity index is 2.39. The number of hydrogen-bond donors (Lipinski definition) is 1. The van der Waals surface area contributed by atoms with Gasteiger partial charge in [0.2, 0.25) is 0 Å². The Bertz CT molecular complexity index is 583. The summed E-state index contributed by atoms with van der Waals surface area (Å²) in [6.45, 7) is 3.02. The van der Waals surface area contributed by atoms with E-state index in [4.69, 9.17) is 6.42 Å². The molecule has 0 saturated heterocycles. The van der Waals surface area contributed by atoms with Gasteiger partial charge >= 0.3 is 0 Å². The standard InChI is InChI=1S/C16H16BrN/c1-3-5-16(18-4-2)14-7-6-13-11-15(17)9-8-12(13)10-14/h1,6-11,16,18H,4-5H2,2H3. The maximum atomic E-state index is 5.43. The van der Waals surface area contributed by atoms with Gasteiger partial charge in [-0.25, -0.2) is 0 Å². The number of benzene rings is 2. The molecule has 0 aliphatic carbocycles. The monoisotopic (exact) mass is 301 g/mol. The van der Waals surface area contributed by atoms with Gasteiger partial charge in [-0.1, -0.05) is 41.1 Å². The number of nitrogens with one attached hydrogen (secondary N) is 1. The van der Waals surface area contributed by atoms with Crippen LogP contribution in [0.2, 0.25) is 0 Å². The second-order valence-corrected chi connectivity index (χ2v) is 5.19. The van der Waals surface area contributed by atoms with E-state index in [-0.39, 0.29) is 6.04 Å². The highest BCUT2D eigenvalue weighted by Crippen LogP contribution is 2.24. The first-order chi connectivity index (χ1) is 8.74. The zero-order valence-corrected chi connectivity index (χ0v) is 12.0. The predicted octanol–water partition coefficient (Wildman–Crippen LogP) is 4.28. The van der Waals surface area contributed by atoms with Gasteiger partial charge in [-0.15, -0.1) is 12.3 Å². The Morgan fingerprint density at radius 3 is 2.67 bits per heavy atom. The van der Waals surface area contributed by atoms with Gasteiger partial charge in [0.1, 0.15) is 0 Å². The van der Waals surface area contributed by atoms with Crippen molar-refractivity contribution in [1.82, 2.24) is 5.32 Å². The zero-order chi connectivity index (χ0) is 13.0. The Hall–Kier alpha value is -1.30. The van der Waals surface area contributed by atoms with Gasteiger partial charge in [-0.05, 0) is 41.1 Å². The van der Waals surface area contributed by atoms with E-state index >= 15 is 0 Å². The summed E-state index contributed by atoms with van der Waals surface area (Å²) in [7, 11) is 0. The first-order valence-corrected chi connectivity index (χ1v) is 6.90. The lowest BCUT2D eigenvalue weighted by Gasteiger charge is -2.16. The van der Waals surface area contributed by atoms with Crippen LogP contribution in [-0.4, -0.2) is 6.54 Å². The van der Waals surface area contributed by atoms with E-state index in [0.717, 1.165) is 17.4 Å². The molecule has 0 fully saturated rings. The second-order valence-electron chi connectivity index (χ2n) is 4.27. The summed E-state index contributed by atoms with van der Waals surface area (Å²) in [5.41, 5.74) is 1.25. The van der Waals surface area contributed by atoms with Crippen LogP contribution in [-0.2, 0) is 0 Å². The molecule has 18 heavy (non-hydrogen) atoms. The molecule has 0 radical (unpaired) electrons. The van der Waals surface area contributed by atoms with Crippen LogP contribution >= 0.6 is 15.9 Å². The van der Waals surface area contributed by atoms with Crippen LogP contribution in [0.4, 0.5) is 0 Å². The molecule has 1 atom stereocenters. The highest BCUT2D eigenvalue weighted by atomic mass is 79.9. The summed E-state index contributed by atoms with van der Waals surface area (Å²) in [6.07, 6.45) is 6.15. The van der Waals surface area contributed by atoms with Crippen molar-refractivity contribution in [2.75, 3.05) is 6.54 Å². The summed E-state index contributed by atoms with van der Waals surface area (Å²) in [5, 5.41) is 5.91. The maximum Gasteiger partial charge on any atom is 0.0430 e. The van der Waals surface area contributed by atoms with E-state index in [1.165, 1.54) is 16.3 Å². The van der Waals surface area contributed by atoms with Gasteiger partial charge in [0.15, 0.2) is 0 Å². The lowest BCUT2D eigenvalue weighted by Crippen LogP contribution is -2.20. The van der Waals surface area contributed by atoms with E-state index in [1.807, 2.05) is 0 Å². The molecular formula is C16H16BrN. The Morgan fingerprint density at radius 2 is 1.94 bits per heavy atom. The van der Waals surface area contributed by atoms with Gasteiger partial charge < -0.3 is 5.32 Å². The van der Waals surface area contributed by atoms with E-state index in [1.54, 1.807) is 0 Å². The summed E-state index contributed by atoms with van der Waals surface area (Å²) in [4.78, 5) is 0. The van der Waals surface area contributed by atoms with Gasteiger partial charge in [-0.2, -0.15) is 0 Å². The molecule has 0 heterocycles. The van der Waals surface area contributed by atoms with Crippen LogP contribution < -0.4 is 5.32 Å². The third-order valence-electron chi connectivity index (χ3n) is 3.00. The molecule has 0 saturated carbocycles. The Kier molecular flexibility index (Phi) is 4.41. The van der Waals surface area contributed by atoms with Crippen LogP contribution in [0.15, 0.2) is 40.9 Å². The highest BCUT2D eigenvalue weighted by Gasteiger charge is 2.09. The Labute approximate surface area is 117 Å². The highest BCUT2D eigenvalue weighted by molar-refractivity contribution is 9.10. The van der Waals surface area contributed by atoms with E-state index in [2.05, 4.69) is 70.5 Å². The molecule has 2 heteroatoms. The lowest BCUT2D eigenvalue weighted by atomic mass is 10.00. The lowest BCUT2D eigenvalue weighted by molar-refractivity contribution is 0.566. The van der Waals surface area contributed by atoms with Crippen molar-refractivity contribution in [2.24, 2.45) is 0 Å². The molecule has 1 N–H and O–H groups in total. The van der Waals surface area contributed by atoms with E-state index in [0.29, 0.717) is 0 Å². The normalized spacial score (nSPS) is 12.3. The third kappa shape index (κ3) is 2.93. The topological polar surface area (TPSA) is 12.0 Å². The average Bonchev–Trinajstić information content (AvgIpc) is 2.38. The molecule has 92 valence electrons. The maximum absolute atomic E-state index is 5.43. The summed E-state index contributed by atoms with van der Waals surface area (Å²) < 4.78 is 1.11. The second kappa shape index (κ2) is 6.04. The molecule has 2 aromatic rings. The molecule has 1 unspecified atom stereocenters. The summed E-state index contributed by atoms with van der Waals surface area (Å²) in [5.74, 6) is 2.74. The van der Waals surface area contributed by atoms with Crippen LogP contribution in [0, 0.1) is 12.3 Å². The fourth-order valence-corrected chi connectivity index (χ4v) is 2.50. The number of fused-ring (bicyclic) bond motifs is 1. The van der Waals surface area contributed by atoms with Crippen molar-refractivity contribution < 1.29 is 0 Å². The van der Waals surface area contributed by atoms with Crippen molar-refractivity contribution in [3.05, 3.63) is 46.4 Å². The minimum atomic E-state index is 0.244. The van der Waals surface area contributed by atoms with Crippen molar-refractivity contribution >= 4 is 26.7 Å². The SMILES string of the molecule is C#CCC(NCC)c1ccc2cc(Br)ccc2c1. The minimum Gasteiger partial charge on any atom is -0.309 e. The minimum absolute atomic E-state index is 0.244. The van der Waals surface area contributed by atoms with Crippen molar-refractivity contribution in [1.29, 1.82) is 0 Å². The van der Waals surface area contributed by atoms with E-state index < -0.39 is 0 Å². The molecular weight excluding hydrogens is 286 g/mol. The van der Waals surface area contributed by atoms with Gasteiger partial charge in [-0.3, -0.25) is 0 Å². The first-order valence-electron chi connectivity index (χ1n) is 6.10. The number of hydrogen-bond acceptors (Lipinski definition) is 1. The van der Waals surface area contributed by atoms with Gasteiger partial charge in [0, 0.05) is 16.9 Å². The molecule has 0 amide bonds. The van der Waals surface area contributed by atoms with Crippen LogP contribution in [0.1, 0.15) is 24.9 Å². The summed E-state index contributed by atoms with van der Waals surface area (Å²) >= 11 is 3.49. The average molecular weight is 302 g/mol. The molecule has 0 aromatic heterocycles. The van der Waals surface area contributed by atoms with Crippen LogP contribution in [0.5, 0.6) is 0 Å². The predicted molar refractivity (Wildman–Crippen MR) is 81.5 cm³/mol. The fraction of sp³-hybridized carbons (Fsp3) is 0.250. The third-order valence-corrected chi connectivity index (χ3v) is 3.49. The van der Waals surface area contributed by atoms with Gasteiger partial charge in [0.05, 0.1) is 0 Å². The quantitative estimate of drug-likeness (QED) is 0.831. The molecule has 1 nitrogen and oxygen atoms in total. The fourth-order valence-electron chi connectivity index (χ4n) is 2.12. The van der Waals surface area contributed by atoms with Crippen LogP contribution in [0.25, 0.3) is 10.8 Å². The van der Waals surface area contributed by atoms with Crippen LogP contribution in [0.3, 0.4) is 0 Å². The number of terminal acetylenes is 1. The number of rotatable bonds is 4. The zero-order valence-electron chi connectivity index (χ0n) is 10.4. The largest absolute Gasteiger partial charge is 0.309 e. The van der Waals surface area contributed by atoms with Crippen molar-refractivity contribution in [2.45, 2.75) is 19.4 Å².